The van der Waals surface area contributed by atoms with Crippen molar-refractivity contribution in [3.8, 4) is 0 Å². The van der Waals surface area contributed by atoms with Crippen molar-refractivity contribution in [1.29, 1.82) is 0 Å². The van der Waals surface area contributed by atoms with Crippen molar-refractivity contribution in [1.82, 2.24) is 10.6 Å². The van der Waals surface area contributed by atoms with Gasteiger partial charge in [-0.05, 0) is 45.9 Å². The molecule has 0 heterocycles. The SMILES string of the molecule is O=C(Cc1ccccc1)N[C@@H](CO)C(=O)NCc1cccc(I)c1. The van der Waals surface area contributed by atoms with E-state index in [2.05, 4.69) is 33.2 Å². The monoisotopic (exact) mass is 438 g/mol. The Labute approximate surface area is 154 Å². The fourth-order valence-electron chi connectivity index (χ4n) is 2.18. The van der Waals surface area contributed by atoms with Crippen LogP contribution in [0.5, 0.6) is 0 Å². The summed E-state index contributed by atoms with van der Waals surface area (Å²) in [5.41, 5.74) is 1.81. The molecule has 0 saturated carbocycles. The predicted molar refractivity (Wildman–Crippen MR) is 100 cm³/mol. The standard InChI is InChI=1S/C18H19IN2O3/c19-15-8-4-7-14(9-15)11-20-18(24)16(12-22)21-17(23)10-13-5-2-1-3-6-13/h1-9,16,22H,10-12H2,(H,20,24)(H,21,23)/t16-/m0/s1. The Morgan fingerprint density at radius 2 is 1.75 bits per heavy atom. The molecule has 2 aromatic rings. The minimum absolute atomic E-state index is 0.168. The van der Waals surface area contributed by atoms with Gasteiger partial charge in [0.1, 0.15) is 6.04 Å². The van der Waals surface area contributed by atoms with Gasteiger partial charge in [0.2, 0.25) is 11.8 Å². The summed E-state index contributed by atoms with van der Waals surface area (Å²) in [7, 11) is 0. The molecule has 2 rings (SSSR count). The number of amides is 2. The van der Waals surface area contributed by atoms with Crippen LogP contribution in [0.4, 0.5) is 0 Å². The van der Waals surface area contributed by atoms with E-state index in [-0.39, 0.29) is 12.3 Å². The molecule has 0 fully saturated rings. The second-order valence-electron chi connectivity index (χ2n) is 5.31. The normalized spacial score (nSPS) is 11.6. The van der Waals surface area contributed by atoms with E-state index in [1.165, 1.54) is 0 Å². The molecule has 0 aliphatic rings. The molecule has 0 radical (unpaired) electrons. The van der Waals surface area contributed by atoms with Crippen molar-refractivity contribution in [3.05, 3.63) is 69.3 Å². The van der Waals surface area contributed by atoms with Crippen LogP contribution in [-0.4, -0.2) is 29.6 Å². The summed E-state index contributed by atoms with van der Waals surface area (Å²) in [5.74, 6) is -0.706. The molecule has 24 heavy (non-hydrogen) atoms. The van der Waals surface area contributed by atoms with Crippen molar-refractivity contribution in [2.45, 2.75) is 19.0 Å². The number of nitrogens with one attached hydrogen (secondary N) is 2. The maximum atomic E-state index is 12.1. The lowest BCUT2D eigenvalue weighted by Crippen LogP contribution is -2.49. The van der Waals surface area contributed by atoms with Crippen molar-refractivity contribution in [2.24, 2.45) is 0 Å². The van der Waals surface area contributed by atoms with E-state index in [9.17, 15) is 14.7 Å². The highest BCUT2D eigenvalue weighted by Crippen LogP contribution is 2.07. The van der Waals surface area contributed by atoms with E-state index in [0.717, 1.165) is 14.7 Å². The molecular formula is C18H19IN2O3. The third-order valence-corrected chi connectivity index (χ3v) is 4.07. The number of hydrogen-bond acceptors (Lipinski definition) is 3. The Bertz CT molecular complexity index is 692. The van der Waals surface area contributed by atoms with Gasteiger partial charge in [0.15, 0.2) is 0 Å². The Morgan fingerprint density at radius 1 is 1.04 bits per heavy atom. The largest absolute Gasteiger partial charge is 0.394 e. The van der Waals surface area contributed by atoms with Crippen LogP contribution in [0.25, 0.3) is 0 Å². The van der Waals surface area contributed by atoms with Crippen LogP contribution in [0.3, 0.4) is 0 Å². The van der Waals surface area contributed by atoms with Gasteiger partial charge in [-0.2, -0.15) is 0 Å². The number of benzene rings is 2. The van der Waals surface area contributed by atoms with Crippen LogP contribution in [-0.2, 0) is 22.6 Å². The number of carbonyl (C=O) groups excluding carboxylic acids is 2. The lowest BCUT2D eigenvalue weighted by Gasteiger charge is -2.16. The summed E-state index contributed by atoms with van der Waals surface area (Å²) in [4.78, 5) is 24.1. The second-order valence-corrected chi connectivity index (χ2v) is 6.56. The Kier molecular flexibility index (Phi) is 7.20. The minimum atomic E-state index is -0.955. The maximum Gasteiger partial charge on any atom is 0.245 e. The van der Waals surface area contributed by atoms with Crippen molar-refractivity contribution < 1.29 is 14.7 Å². The summed E-state index contributed by atoms with van der Waals surface area (Å²) in [6.07, 6.45) is 0.168. The van der Waals surface area contributed by atoms with E-state index in [4.69, 9.17) is 0 Å². The zero-order valence-corrected chi connectivity index (χ0v) is 15.2. The average molecular weight is 438 g/mol. The molecule has 0 unspecified atom stereocenters. The highest BCUT2D eigenvalue weighted by atomic mass is 127. The molecular weight excluding hydrogens is 419 g/mol. The first-order chi connectivity index (χ1) is 11.6. The van der Waals surface area contributed by atoms with Crippen LogP contribution in [0, 0.1) is 3.57 Å². The van der Waals surface area contributed by atoms with Gasteiger partial charge in [-0.25, -0.2) is 0 Å². The van der Waals surface area contributed by atoms with Gasteiger partial charge in [-0.1, -0.05) is 42.5 Å². The Morgan fingerprint density at radius 3 is 2.42 bits per heavy atom. The van der Waals surface area contributed by atoms with E-state index in [1.54, 1.807) is 0 Å². The zero-order valence-electron chi connectivity index (χ0n) is 13.0. The minimum Gasteiger partial charge on any atom is -0.394 e. The fourth-order valence-corrected chi connectivity index (χ4v) is 2.79. The van der Waals surface area contributed by atoms with Crippen molar-refractivity contribution in [2.75, 3.05) is 6.61 Å². The summed E-state index contributed by atoms with van der Waals surface area (Å²) < 4.78 is 1.08. The molecule has 0 saturated heterocycles. The van der Waals surface area contributed by atoms with Gasteiger partial charge < -0.3 is 15.7 Å². The third kappa shape index (κ3) is 5.93. The third-order valence-electron chi connectivity index (χ3n) is 3.40. The molecule has 0 aliphatic heterocycles. The van der Waals surface area contributed by atoms with Crippen LogP contribution in [0.2, 0.25) is 0 Å². The van der Waals surface area contributed by atoms with E-state index in [0.29, 0.717) is 6.54 Å². The van der Waals surface area contributed by atoms with Gasteiger partial charge in [-0.3, -0.25) is 9.59 Å². The number of hydrogen-bond donors (Lipinski definition) is 3. The molecule has 1 atom stereocenters. The quantitative estimate of drug-likeness (QED) is 0.576. The summed E-state index contributed by atoms with van der Waals surface area (Å²) in [6, 6.07) is 16.0. The molecule has 3 N–H and O–H groups in total. The summed E-state index contributed by atoms with van der Waals surface area (Å²) >= 11 is 2.20. The van der Waals surface area contributed by atoms with Gasteiger partial charge in [0.05, 0.1) is 13.0 Å². The number of carbonyl (C=O) groups is 2. The van der Waals surface area contributed by atoms with E-state index < -0.39 is 18.6 Å². The molecule has 0 aromatic heterocycles. The zero-order chi connectivity index (χ0) is 17.4. The van der Waals surface area contributed by atoms with E-state index in [1.807, 2.05) is 54.6 Å². The first kappa shape index (κ1) is 18.4. The number of halogens is 1. The molecule has 0 spiro atoms. The fraction of sp³-hybridized carbons (Fsp3) is 0.222. The van der Waals surface area contributed by atoms with Crippen molar-refractivity contribution >= 4 is 34.4 Å². The molecule has 6 heteroatoms. The second kappa shape index (κ2) is 9.39. The lowest BCUT2D eigenvalue weighted by molar-refractivity contribution is -0.129. The molecule has 2 aromatic carbocycles. The first-order valence-electron chi connectivity index (χ1n) is 7.55. The van der Waals surface area contributed by atoms with E-state index >= 15 is 0 Å². The number of aliphatic hydroxyl groups excluding tert-OH is 1. The van der Waals surface area contributed by atoms with Crippen molar-refractivity contribution in [3.63, 3.8) is 0 Å². The molecule has 0 bridgehead atoms. The Balaban J connectivity index is 1.85. The predicted octanol–water partition coefficient (Wildman–Crippen LogP) is 1.63. The van der Waals surface area contributed by atoms with Crippen LogP contribution >= 0.6 is 22.6 Å². The first-order valence-corrected chi connectivity index (χ1v) is 8.62. The van der Waals surface area contributed by atoms with Gasteiger partial charge >= 0.3 is 0 Å². The smallest absolute Gasteiger partial charge is 0.245 e. The molecule has 5 nitrogen and oxygen atoms in total. The Hall–Kier alpha value is -1.93. The number of rotatable bonds is 7. The molecule has 0 aliphatic carbocycles. The average Bonchev–Trinajstić information content (AvgIpc) is 2.58. The maximum absolute atomic E-state index is 12.1. The highest BCUT2D eigenvalue weighted by Gasteiger charge is 2.19. The lowest BCUT2D eigenvalue weighted by atomic mass is 10.1. The van der Waals surface area contributed by atoms with Gasteiger partial charge in [0.25, 0.3) is 0 Å². The molecule has 2 amide bonds. The topological polar surface area (TPSA) is 78.4 Å². The van der Waals surface area contributed by atoms with Gasteiger partial charge in [-0.15, -0.1) is 0 Å². The number of aliphatic hydroxyl groups is 1. The highest BCUT2D eigenvalue weighted by molar-refractivity contribution is 14.1. The summed E-state index contributed by atoms with van der Waals surface area (Å²) in [5, 5.41) is 14.7. The van der Waals surface area contributed by atoms with Crippen LogP contribution < -0.4 is 10.6 Å². The van der Waals surface area contributed by atoms with Crippen LogP contribution in [0.1, 0.15) is 11.1 Å². The van der Waals surface area contributed by atoms with Gasteiger partial charge in [0, 0.05) is 10.1 Å². The summed E-state index contributed by atoms with van der Waals surface area (Å²) in [6.45, 7) is -0.0978. The molecule has 126 valence electrons. The van der Waals surface area contributed by atoms with Crippen LogP contribution in [0.15, 0.2) is 54.6 Å².